The number of fused-ring (bicyclic) bond motifs is 2. The fourth-order valence-electron chi connectivity index (χ4n) is 3.05. The average molecular weight is 525 g/mol. The predicted molar refractivity (Wildman–Crippen MR) is 121 cm³/mol. The maximum atomic E-state index is 14.0. The zero-order chi connectivity index (χ0) is 27.7. The van der Waals surface area contributed by atoms with Crippen LogP contribution in [-0.2, 0) is 0 Å². The van der Waals surface area contributed by atoms with Gasteiger partial charge in [0.05, 0.1) is 11.4 Å². The molecular weight excluding hydrogens is 508 g/mol. The zero-order valence-corrected chi connectivity index (χ0v) is 19.0. The highest BCUT2D eigenvalue weighted by Crippen LogP contribution is 2.21. The SMILES string of the molecule is Nc1cc(F)c2nc(C(F)F)cc(=O)n2c1.[C-]#[N+]C(C)(C)Nc1cc(F)c2nc(C(F)F)cc(=O)n2c1. The van der Waals surface area contributed by atoms with Crippen molar-refractivity contribution in [2.45, 2.75) is 32.4 Å². The summed E-state index contributed by atoms with van der Waals surface area (Å²) in [5.74, 6) is -1.85. The number of hydrogen-bond acceptors (Lipinski definition) is 6. The van der Waals surface area contributed by atoms with E-state index in [9.17, 15) is 35.9 Å². The number of hydrogen-bond donors (Lipinski definition) is 2. The lowest BCUT2D eigenvalue weighted by molar-refractivity contribution is 0.145. The Morgan fingerprint density at radius 2 is 1.35 bits per heavy atom. The highest BCUT2D eigenvalue weighted by Gasteiger charge is 2.23. The Bertz CT molecular complexity index is 1640. The molecule has 0 atom stereocenters. The summed E-state index contributed by atoms with van der Waals surface area (Å²) >= 11 is 0. The lowest BCUT2D eigenvalue weighted by atomic mass is 10.2. The standard InChI is InChI=1S/C13H11F3N4O.C9H6F3N3O/c1-13(2,17-3)19-7-4-8(14)12-18-9(11(15)16)5-10(21)20(12)6-7;10-5-1-4(13)3-15-7(16)2-6(8(11)12)14-9(5)15/h4-6,11,19H,1-2H3;1-3,8H,13H2. The van der Waals surface area contributed by atoms with Crippen molar-refractivity contribution >= 4 is 22.7 Å². The summed E-state index contributed by atoms with van der Waals surface area (Å²) in [7, 11) is 0. The second kappa shape index (κ2) is 10.2. The third-order valence-corrected chi connectivity index (χ3v) is 4.67. The normalized spacial score (nSPS) is 11.5. The number of anilines is 2. The molecule has 194 valence electrons. The molecule has 0 radical (unpaired) electrons. The largest absolute Gasteiger partial charge is 0.397 e. The fourth-order valence-corrected chi connectivity index (χ4v) is 3.05. The summed E-state index contributed by atoms with van der Waals surface area (Å²) in [4.78, 5) is 33.3. The van der Waals surface area contributed by atoms with Crippen LogP contribution in [0.3, 0.4) is 0 Å². The molecule has 4 heterocycles. The van der Waals surface area contributed by atoms with Crippen molar-refractivity contribution in [1.29, 1.82) is 0 Å². The highest BCUT2D eigenvalue weighted by molar-refractivity contribution is 5.53. The van der Waals surface area contributed by atoms with Crippen molar-refractivity contribution in [2.75, 3.05) is 11.1 Å². The Hall–Kier alpha value is -4.61. The van der Waals surface area contributed by atoms with Crippen molar-refractivity contribution in [3.63, 3.8) is 0 Å². The molecule has 15 heteroatoms. The number of nitrogen functional groups attached to an aromatic ring is 1. The first-order valence-corrected chi connectivity index (χ1v) is 10.2. The Labute approximate surface area is 203 Å². The van der Waals surface area contributed by atoms with Crippen molar-refractivity contribution in [3.8, 4) is 0 Å². The summed E-state index contributed by atoms with van der Waals surface area (Å²) in [6.07, 6.45) is -3.53. The van der Waals surface area contributed by atoms with Gasteiger partial charge in [0.1, 0.15) is 11.4 Å². The van der Waals surface area contributed by atoms with E-state index in [1.165, 1.54) is 6.20 Å². The molecule has 0 aliphatic heterocycles. The van der Waals surface area contributed by atoms with Crippen LogP contribution < -0.4 is 22.2 Å². The van der Waals surface area contributed by atoms with E-state index in [1.807, 2.05) is 0 Å². The zero-order valence-electron chi connectivity index (χ0n) is 19.0. The first kappa shape index (κ1) is 27.0. The fraction of sp³-hybridized carbons (Fsp3) is 0.227. The molecule has 0 saturated heterocycles. The molecule has 0 fully saturated rings. The number of alkyl halides is 4. The Morgan fingerprint density at radius 3 is 1.81 bits per heavy atom. The number of aromatic nitrogens is 4. The van der Waals surface area contributed by atoms with Gasteiger partial charge in [-0.3, -0.25) is 23.2 Å². The third-order valence-electron chi connectivity index (χ3n) is 4.67. The van der Waals surface area contributed by atoms with E-state index < -0.39 is 63.9 Å². The Kier molecular flexibility index (Phi) is 7.42. The molecule has 0 unspecified atom stereocenters. The van der Waals surface area contributed by atoms with Gasteiger partial charge in [0.25, 0.3) is 29.6 Å². The monoisotopic (exact) mass is 525 g/mol. The minimum atomic E-state index is -2.96. The van der Waals surface area contributed by atoms with Gasteiger partial charge in [-0.25, -0.2) is 42.9 Å². The molecule has 0 aromatic carbocycles. The summed E-state index contributed by atoms with van der Waals surface area (Å²) < 4.78 is 78.7. The maximum absolute atomic E-state index is 14.0. The molecule has 9 nitrogen and oxygen atoms in total. The topological polar surface area (TPSA) is 111 Å². The van der Waals surface area contributed by atoms with Crippen LogP contribution in [0.25, 0.3) is 16.1 Å². The van der Waals surface area contributed by atoms with Gasteiger partial charge in [-0.15, -0.1) is 0 Å². The number of rotatable bonds is 4. The number of nitrogens with one attached hydrogen (secondary N) is 1. The first-order valence-electron chi connectivity index (χ1n) is 10.2. The lowest BCUT2D eigenvalue weighted by Gasteiger charge is -2.15. The van der Waals surface area contributed by atoms with Gasteiger partial charge in [-0.05, 0) is 0 Å². The predicted octanol–water partition coefficient (Wildman–Crippen LogP) is 4.19. The van der Waals surface area contributed by atoms with Crippen LogP contribution in [0.4, 0.5) is 37.7 Å². The lowest BCUT2D eigenvalue weighted by Crippen LogP contribution is -2.27. The minimum Gasteiger partial charge on any atom is -0.397 e. The van der Waals surface area contributed by atoms with Crippen LogP contribution in [0.15, 0.2) is 46.2 Å². The van der Waals surface area contributed by atoms with Crippen LogP contribution in [-0.4, -0.2) is 24.4 Å². The second-order valence-corrected chi connectivity index (χ2v) is 8.02. The summed E-state index contributed by atoms with van der Waals surface area (Å²) in [5, 5.41) is 2.74. The number of nitrogens with zero attached hydrogens (tertiary/aromatic N) is 5. The number of halogens is 6. The van der Waals surface area contributed by atoms with E-state index in [-0.39, 0.29) is 11.4 Å². The van der Waals surface area contributed by atoms with Crippen molar-refractivity contribution in [1.82, 2.24) is 18.8 Å². The van der Waals surface area contributed by atoms with Gasteiger partial charge >= 0.3 is 0 Å². The van der Waals surface area contributed by atoms with Crippen molar-refractivity contribution < 1.29 is 26.3 Å². The van der Waals surface area contributed by atoms with Gasteiger partial charge in [-0.1, -0.05) is 0 Å². The molecule has 0 amide bonds. The first-order chi connectivity index (χ1) is 17.2. The van der Waals surface area contributed by atoms with Crippen LogP contribution in [0.5, 0.6) is 0 Å². The molecule has 37 heavy (non-hydrogen) atoms. The van der Waals surface area contributed by atoms with Gasteiger partial charge in [0.15, 0.2) is 22.9 Å². The van der Waals surface area contributed by atoms with Crippen LogP contribution >= 0.6 is 0 Å². The second-order valence-electron chi connectivity index (χ2n) is 8.02. The summed E-state index contributed by atoms with van der Waals surface area (Å²) in [6.45, 7) is 10.1. The molecule has 0 saturated carbocycles. The van der Waals surface area contributed by atoms with E-state index in [1.54, 1.807) is 13.8 Å². The molecule has 0 spiro atoms. The average Bonchev–Trinajstić information content (AvgIpc) is 2.80. The molecule has 0 aliphatic carbocycles. The molecule has 4 rings (SSSR count). The summed E-state index contributed by atoms with van der Waals surface area (Å²) in [5.41, 5.74) is 0.408. The van der Waals surface area contributed by atoms with E-state index >= 15 is 0 Å². The Balaban J connectivity index is 0.000000213. The van der Waals surface area contributed by atoms with Gasteiger partial charge in [0.2, 0.25) is 0 Å². The molecule has 4 aromatic rings. The van der Waals surface area contributed by atoms with Crippen molar-refractivity contribution in [3.05, 3.63) is 91.8 Å². The Morgan fingerprint density at radius 1 is 0.892 bits per heavy atom. The third kappa shape index (κ3) is 5.97. The van der Waals surface area contributed by atoms with Crippen LogP contribution in [0.2, 0.25) is 0 Å². The minimum absolute atomic E-state index is 0.0127. The molecule has 0 aliphatic rings. The summed E-state index contributed by atoms with van der Waals surface area (Å²) in [6, 6.07) is 3.22. The number of pyridine rings is 2. The molecule has 4 aromatic heterocycles. The maximum Gasteiger partial charge on any atom is 0.299 e. The van der Waals surface area contributed by atoms with Crippen molar-refractivity contribution in [2.24, 2.45) is 0 Å². The quantitative estimate of drug-likeness (QED) is 0.305. The van der Waals surface area contributed by atoms with Crippen LogP contribution in [0.1, 0.15) is 38.1 Å². The smallest absolute Gasteiger partial charge is 0.299 e. The van der Waals surface area contributed by atoms with Gasteiger partial charge in [-0.2, -0.15) is 0 Å². The molecule has 3 N–H and O–H groups in total. The van der Waals surface area contributed by atoms with E-state index in [4.69, 9.17) is 12.3 Å². The molecule has 0 bridgehead atoms. The van der Waals surface area contributed by atoms with Crippen LogP contribution in [0, 0.1) is 18.2 Å². The van der Waals surface area contributed by atoms with E-state index in [2.05, 4.69) is 20.1 Å². The highest BCUT2D eigenvalue weighted by atomic mass is 19.3. The van der Waals surface area contributed by atoms with Gasteiger partial charge in [0, 0.05) is 50.5 Å². The van der Waals surface area contributed by atoms with E-state index in [0.29, 0.717) is 12.1 Å². The van der Waals surface area contributed by atoms with Gasteiger partial charge < -0.3 is 11.1 Å². The molecular formula is C22H17F6N7O2. The number of nitrogens with two attached hydrogens (primary N) is 1. The van der Waals surface area contributed by atoms with E-state index in [0.717, 1.165) is 27.1 Å².